The Hall–Kier alpha value is -1.96. The zero-order valence-electron chi connectivity index (χ0n) is 14.1. The van der Waals surface area contributed by atoms with Crippen LogP contribution >= 0.6 is 12.4 Å². The molecule has 2 aliphatic heterocycles. The Kier molecular flexibility index (Phi) is 5.82. The topological polar surface area (TPSA) is 98.7 Å². The van der Waals surface area contributed by atoms with Gasteiger partial charge in [-0.3, -0.25) is 19.3 Å². The molecule has 2 heterocycles. The molecule has 1 aromatic rings. The van der Waals surface area contributed by atoms with E-state index in [1.165, 1.54) is 6.92 Å². The number of carbonyl (C=O) groups is 3. The molecule has 1 saturated heterocycles. The first kappa shape index (κ1) is 19.4. The van der Waals surface area contributed by atoms with Gasteiger partial charge in [0.1, 0.15) is 6.04 Å². The van der Waals surface area contributed by atoms with Crippen molar-refractivity contribution in [2.75, 3.05) is 19.6 Å². The van der Waals surface area contributed by atoms with E-state index < -0.39 is 29.9 Å². The first-order chi connectivity index (χ1) is 11.4. The van der Waals surface area contributed by atoms with E-state index in [0.717, 1.165) is 10.5 Å². The van der Waals surface area contributed by atoms with Crippen molar-refractivity contribution in [2.24, 2.45) is 5.92 Å². The third kappa shape index (κ3) is 3.53. The highest BCUT2D eigenvalue weighted by atomic mass is 35.5. The molecule has 0 spiro atoms. The molecule has 1 fully saturated rings. The molecule has 136 valence electrons. The molecule has 8 heteroatoms. The van der Waals surface area contributed by atoms with Crippen LogP contribution in [0.3, 0.4) is 0 Å². The number of aliphatic hydroxyl groups excluding tert-OH is 1. The number of hydrogen-bond donors (Lipinski definition) is 3. The van der Waals surface area contributed by atoms with E-state index in [4.69, 9.17) is 0 Å². The highest BCUT2D eigenvalue weighted by molar-refractivity contribution is 6.22. The van der Waals surface area contributed by atoms with Crippen molar-refractivity contribution in [3.63, 3.8) is 0 Å². The first-order valence-corrected chi connectivity index (χ1v) is 8.05. The third-order valence-electron chi connectivity index (χ3n) is 4.68. The maximum Gasteiger partial charge on any atom is 0.262 e. The molecule has 3 unspecified atom stereocenters. The summed E-state index contributed by atoms with van der Waals surface area (Å²) in [6, 6.07) is 4.16. The van der Waals surface area contributed by atoms with Crippen LogP contribution in [0.1, 0.15) is 33.2 Å². The average Bonchev–Trinajstić information content (AvgIpc) is 3.06. The van der Waals surface area contributed by atoms with Crippen LogP contribution in [0.4, 0.5) is 0 Å². The zero-order valence-corrected chi connectivity index (χ0v) is 14.9. The highest BCUT2D eigenvalue weighted by Gasteiger charge is 2.41. The quantitative estimate of drug-likeness (QED) is 0.655. The Morgan fingerprint density at radius 3 is 2.64 bits per heavy atom. The van der Waals surface area contributed by atoms with Crippen LogP contribution < -0.4 is 10.6 Å². The molecule has 0 bridgehead atoms. The minimum Gasteiger partial charge on any atom is -0.391 e. The lowest BCUT2D eigenvalue weighted by molar-refractivity contribution is -0.124. The zero-order chi connectivity index (χ0) is 17.4. The van der Waals surface area contributed by atoms with Crippen LogP contribution in [0.5, 0.6) is 0 Å². The van der Waals surface area contributed by atoms with Gasteiger partial charge in [0.25, 0.3) is 11.8 Å². The lowest BCUT2D eigenvalue weighted by atomic mass is 10.1. The number of carbonyl (C=O) groups excluding carboxylic acids is 3. The van der Waals surface area contributed by atoms with E-state index in [9.17, 15) is 19.5 Å². The number of nitrogens with one attached hydrogen (secondary N) is 2. The van der Waals surface area contributed by atoms with Gasteiger partial charge in [0.2, 0.25) is 5.91 Å². The maximum atomic E-state index is 12.5. The SMILES string of the molecule is Cc1ccc2c(c1)C(=O)N(C(C)C(=O)NCC1CNCC1O)C2=O.Cl. The molecule has 0 aliphatic carbocycles. The Morgan fingerprint density at radius 2 is 2.00 bits per heavy atom. The molecule has 3 rings (SSSR count). The number of fused-ring (bicyclic) bond motifs is 1. The fourth-order valence-corrected chi connectivity index (χ4v) is 3.15. The van der Waals surface area contributed by atoms with Gasteiger partial charge >= 0.3 is 0 Å². The molecule has 3 atom stereocenters. The van der Waals surface area contributed by atoms with Crippen LogP contribution in [0.2, 0.25) is 0 Å². The molecule has 0 aromatic heterocycles. The first-order valence-electron chi connectivity index (χ1n) is 8.05. The van der Waals surface area contributed by atoms with Crippen molar-refractivity contribution >= 4 is 30.1 Å². The summed E-state index contributed by atoms with van der Waals surface area (Å²) in [5.74, 6) is -1.35. The summed E-state index contributed by atoms with van der Waals surface area (Å²) in [5.41, 5.74) is 1.56. The molecule has 0 radical (unpaired) electrons. The van der Waals surface area contributed by atoms with E-state index in [1.54, 1.807) is 18.2 Å². The fourth-order valence-electron chi connectivity index (χ4n) is 3.15. The van der Waals surface area contributed by atoms with Gasteiger partial charge in [-0.1, -0.05) is 11.6 Å². The van der Waals surface area contributed by atoms with Gasteiger partial charge in [0.15, 0.2) is 0 Å². The summed E-state index contributed by atoms with van der Waals surface area (Å²) in [6.07, 6.45) is -0.497. The second-order valence-corrected chi connectivity index (χ2v) is 6.44. The number of β-amino-alcohol motifs (C(OH)–C–C–N with tert-alkyl or cyclic N) is 1. The molecule has 2 aliphatic rings. The number of aryl methyl sites for hydroxylation is 1. The van der Waals surface area contributed by atoms with Crippen LogP contribution in [0, 0.1) is 12.8 Å². The van der Waals surface area contributed by atoms with Gasteiger partial charge in [-0.05, 0) is 26.0 Å². The van der Waals surface area contributed by atoms with Crippen LogP contribution in [-0.2, 0) is 4.79 Å². The van der Waals surface area contributed by atoms with Gasteiger partial charge in [-0.2, -0.15) is 0 Å². The average molecular weight is 368 g/mol. The Bertz CT molecular complexity index is 709. The van der Waals surface area contributed by atoms with Gasteiger partial charge < -0.3 is 15.7 Å². The molecule has 0 saturated carbocycles. The Labute approximate surface area is 152 Å². The van der Waals surface area contributed by atoms with E-state index in [2.05, 4.69) is 10.6 Å². The van der Waals surface area contributed by atoms with E-state index in [0.29, 0.717) is 30.8 Å². The van der Waals surface area contributed by atoms with Crippen LogP contribution in [0.25, 0.3) is 0 Å². The van der Waals surface area contributed by atoms with E-state index in [1.807, 2.05) is 6.92 Å². The standard InChI is InChI=1S/C17H21N3O4.ClH/c1-9-3-4-12-13(5-9)17(24)20(16(12)23)10(2)15(22)19-7-11-6-18-8-14(11)21;/h3-5,10-11,14,18,21H,6-8H2,1-2H3,(H,19,22);1H. The summed E-state index contributed by atoms with van der Waals surface area (Å²) in [4.78, 5) is 38.3. The monoisotopic (exact) mass is 367 g/mol. The maximum absolute atomic E-state index is 12.5. The number of aliphatic hydroxyl groups is 1. The number of halogens is 1. The summed E-state index contributed by atoms with van der Waals surface area (Å²) in [5, 5.41) is 15.5. The van der Waals surface area contributed by atoms with Gasteiger partial charge in [0, 0.05) is 25.6 Å². The second-order valence-electron chi connectivity index (χ2n) is 6.44. The molecule has 7 nitrogen and oxygen atoms in total. The predicted octanol–water partition coefficient (Wildman–Crippen LogP) is 0.0978. The highest BCUT2D eigenvalue weighted by Crippen LogP contribution is 2.25. The molecule has 25 heavy (non-hydrogen) atoms. The van der Waals surface area contributed by atoms with Crippen molar-refractivity contribution in [1.29, 1.82) is 0 Å². The minimum atomic E-state index is -0.899. The summed E-state index contributed by atoms with van der Waals surface area (Å²) in [7, 11) is 0. The lowest BCUT2D eigenvalue weighted by Gasteiger charge is -2.23. The van der Waals surface area contributed by atoms with Crippen LogP contribution in [0.15, 0.2) is 18.2 Å². The number of rotatable bonds is 4. The normalized spacial score (nSPS) is 23.2. The second kappa shape index (κ2) is 7.51. The molecule has 1 aromatic carbocycles. The molecule has 3 N–H and O–H groups in total. The minimum absolute atomic E-state index is 0. The summed E-state index contributed by atoms with van der Waals surface area (Å²) >= 11 is 0. The van der Waals surface area contributed by atoms with E-state index >= 15 is 0 Å². The molecule has 3 amide bonds. The number of nitrogens with zero attached hydrogens (tertiary/aromatic N) is 1. The van der Waals surface area contributed by atoms with Crippen molar-refractivity contribution in [3.8, 4) is 0 Å². The number of benzene rings is 1. The van der Waals surface area contributed by atoms with Crippen molar-refractivity contribution in [3.05, 3.63) is 34.9 Å². The summed E-state index contributed by atoms with van der Waals surface area (Å²) in [6.45, 7) is 4.82. The van der Waals surface area contributed by atoms with Crippen LogP contribution in [-0.4, -0.2) is 59.5 Å². The van der Waals surface area contributed by atoms with Crippen molar-refractivity contribution < 1.29 is 19.5 Å². The van der Waals surface area contributed by atoms with Crippen molar-refractivity contribution in [2.45, 2.75) is 26.0 Å². The predicted molar refractivity (Wildman–Crippen MR) is 93.8 cm³/mol. The number of hydrogen-bond acceptors (Lipinski definition) is 5. The van der Waals surface area contributed by atoms with E-state index in [-0.39, 0.29) is 18.3 Å². The molecular weight excluding hydrogens is 346 g/mol. The largest absolute Gasteiger partial charge is 0.391 e. The summed E-state index contributed by atoms with van der Waals surface area (Å²) < 4.78 is 0. The number of amides is 3. The molecular formula is C17H22ClN3O4. The number of imide groups is 1. The Morgan fingerprint density at radius 1 is 1.32 bits per heavy atom. The van der Waals surface area contributed by atoms with Gasteiger partial charge in [-0.15, -0.1) is 12.4 Å². The Balaban J connectivity index is 0.00000225. The van der Waals surface area contributed by atoms with Gasteiger partial charge in [-0.25, -0.2) is 0 Å². The fraction of sp³-hybridized carbons (Fsp3) is 0.471. The smallest absolute Gasteiger partial charge is 0.262 e. The third-order valence-corrected chi connectivity index (χ3v) is 4.68. The van der Waals surface area contributed by atoms with Gasteiger partial charge in [0.05, 0.1) is 17.2 Å². The van der Waals surface area contributed by atoms with Crippen molar-refractivity contribution in [1.82, 2.24) is 15.5 Å². The lowest BCUT2D eigenvalue weighted by Crippen LogP contribution is -2.49.